The van der Waals surface area contributed by atoms with Crippen LogP contribution in [0.3, 0.4) is 0 Å². The summed E-state index contributed by atoms with van der Waals surface area (Å²) in [4.78, 5) is 11.1. The number of nitrogens with zero attached hydrogens (tertiary/aromatic N) is 3. The lowest BCUT2D eigenvalue weighted by Crippen LogP contribution is -2.30. The van der Waals surface area contributed by atoms with E-state index in [-0.39, 0.29) is 0 Å². The quantitative estimate of drug-likeness (QED) is 0.879. The molecule has 0 spiro atoms. The first-order valence-electron chi connectivity index (χ1n) is 7.11. The van der Waals surface area contributed by atoms with E-state index in [1.54, 1.807) is 0 Å². The Kier molecular flexibility index (Phi) is 4.96. The number of nitrogens with two attached hydrogens (primary N) is 1. The molecule has 2 rings (SSSR count). The third-order valence-corrected chi connectivity index (χ3v) is 3.52. The van der Waals surface area contributed by atoms with Crippen molar-refractivity contribution >= 4 is 11.6 Å². The highest BCUT2D eigenvalue weighted by Gasteiger charge is 2.17. The first-order valence-corrected chi connectivity index (χ1v) is 7.11. The van der Waals surface area contributed by atoms with Gasteiger partial charge in [0, 0.05) is 39.3 Å². The van der Waals surface area contributed by atoms with Gasteiger partial charge in [-0.3, -0.25) is 0 Å². The van der Waals surface area contributed by atoms with Crippen LogP contribution in [0.4, 0.5) is 11.6 Å². The fourth-order valence-electron chi connectivity index (χ4n) is 2.44. The van der Waals surface area contributed by atoms with Gasteiger partial charge < -0.3 is 15.4 Å². The Bertz CT molecular complexity index is 404. The molecule has 1 saturated heterocycles. The van der Waals surface area contributed by atoms with Crippen LogP contribution < -0.4 is 10.6 Å². The van der Waals surface area contributed by atoms with Crippen LogP contribution in [0.5, 0.6) is 0 Å². The monoisotopic (exact) mass is 264 g/mol. The van der Waals surface area contributed by atoms with Crippen LogP contribution in [0.1, 0.15) is 32.0 Å². The van der Waals surface area contributed by atoms with Crippen molar-refractivity contribution in [1.29, 1.82) is 0 Å². The van der Waals surface area contributed by atoms with Gasteiger partial charge in [0.05, 0.1) is 0 Å². The van der Waals surface area contributed by atoms with Crippen LogP contribution in [0.15, 0.2) is 6.07 Å². The molecule has 2 N–H and O–H groups in total. The van der Waals surface area contributed by atoms with Crippen molar-refractivity contribution in [2.24, 2.45) is 5.92 Å². The second-order valence-corrected chi connectivity index (χ2v) is 5.25. The van der Waals surface area contributed by atoms with E-state index in [9.17, 15) is 0 Å². The molecular weight excluding hydrogens is 240 g/mol. The predicted molar refractivity (Wildman–Crippen MR) is 77.3 cm³/mol. The van der Waals surface area contributed by atoms with Gasteiger partial charge in [-0.2, -0.15) is 0 Å². The third-order valence-electron chi connectivity index (χ3n) is 3.52. The van der Waals surface area contributed by atoms with E-state index in [2.05, 4.69) is 28.8 Å². The summed E-state index contributed by atoms with van der Waals surface area (Å²) in [7, 11) is 2.08. The van der Waals surface area contributed by atoms with Gasteiger partial charge in [-0.1, -0.05) is 6.92 Å². The van der Waals surface area contributed by atoms with Crippen molar-refractivity contribution in [3.05, 3.63) is 11.9 Å². The van der Waals surface area contributed by atoms with Gasteiger partial charge in [0.25, 0.3) is 0 Å². The highest BCUT2D eigenvalue weighted by molar-refractivity contribution is 5.46. The Morgan fingerprint density at radius 2 is 2.11 bits per heavy atom. The molecule has 0 aromatic carbocycles. The van der Waals surface area contributed by atoms with E-state index in [4.69, 9.17) is 10.5 Å². The van der Waals surface area contributed by atoms with Crippen LogP contribution in [-0.2, 0) is 11.2 Å². The molecule has 0 bridgehead atoms. The molecular formula is C14H24N4O. The van der Waals surface area contributed by atoms with Gasteiger partial charge in [0.2, 0.25) is 0 Å². The average Bonchev–Trinajstić information content (AvgIpc) is 2.39. The maximum Gasteiger partial charge on any atom is 0.134 e. The molecule has 106 valence electrons. The molecule has 0 amide bonds. The lowest BCUT2D eigenvalue weighted by molar-refractivity contribution is 0.0685. The lowest BCUT2D eigenvalue weighted by atomic mass is 10.00. The Hall–Kier alpha value is -1.36. The van der Waals surface area contributed by atoms with Crippen LogP contribution >= 0.6 is 0 Å². The molecule has 1 aromatic heterocycles. The number of nitrogen functional groups attached to an aromatic ring is 1. The van der Waals surface area contributed by atoms with Crippen LogP contribution in [-0.4, -0.2) is 36.8 Å². The summed E-state index contributed by atoms with van der Waals surface area (Å²) in [6, 6.07) is 1.86. The van der Waals surface area contributed by atoms with E-state index in [0.29, 0.717) is 11.7 Å². The molecule has 1 aliphatic heterocycles. The largest absolute Gasteiger partial charge is 0.384 e. The summed E-state index contributed by atoms with van der Waals surface area (Å²) < 4.78 is 5.39. The fourth-order valence-corrected chi connectivity index (χ4v) is 2.44. The highest BCUT2D eigenvalue weighted by atomic mass is 16.5. The molecule has 5 heteroatoms. The molecule has 19 heavy (non-hydrogen) atoms. The van der Waals surface area contributed by atoms with Gasteiger partial charge >= 0.3 is 0 Å². The van der Waals surface area contributed by atoms with Crippen LogP contribution in [0.25, 0.3) is 0 Å². The standard InChI is InChI=1S/C14H24N4O/c1-3-4-13-16-12(15)9-14(17-13)18(2)10-11-5-7-19-8-6-11/h9,11H,3-8,10H2,1-2H3,(H2,15,16,17). The number of hydrogen-bond donors (Lipinski definition) is 1. The van der Waals surface area contributed by atoms with Gasteiger partial charge in [-0.05, 0) is 25.2 Å². The molecule has 5 nitrogen and oxygen atoms in total. The van der Waals surface area contributed by atoms with Crippen molar-refractivity contribution in [3.63, 3.8) is 0 Å². The Morgan fingerprint density at radius 3 is 2.79 bits per heavy atom. The first kappa shape index (κ1) is 14.1. The van der Waals surface area contributed by atoms with E-state index >= 15 is 0 Å². The SMILES string of the molecule is CCCc1nc(N)cc(N(C)CC2CCOCC2)n1. The predicted octanol–water partition coefficient (Wildman–Crippen LogP) is 1.87. The van der Waals surface area contributed by atoms with Crippen molar-refractivity contribution in [1.82, 2.24) is 9.97 Å². The van der Waals surface area contributed by atoms with Crippen LogP contribution in [0.2, 0.25) is 0 Å². The Morgan fingerprint density at radius 1 is 1.37 bits per heavy atom. The van der Waals surface area contributed by atoms with E-state index < -0.39 is 0 Å². The lowest BCUT2D eigenvalue weighted by Gasteiger charge is -2.28. The maximum absolute atomic E-state index is 5.86. The molecule has 0 atom stereocenters. The summed E-state index contributed by atoms with van der Waals surface area (Å²) in [5.74, 6) is 3.02. The number of aryl methyl sites for hydroxylation is 1. The van der Waals surface area contributed by atoms with Crippen molar-refractivity contribution in [2.45, 2.75) is 32.6 Å². The normalized spacial score (nSPS) is 16.5. The average molecular weight is 264 g/mol. The minimum atomic E-state index is 0.562. The Labute approximate surface area is 115 Å². The summed E-state index contributed by atoms with van der Waals surface area (Å²) in [5.41, 5.74) is 5.86. The zero-order valence-corrected chi connectivity index (χ0v) is 11.9. The molecule has 0 unspecified atom stereocenters. The van der Waals surface area contributed by atoms with Crippen LogP contribution in [0, 0.1) is 5.92 Å². The minimum absolute atomic E-state index is 0.562. The van der Waals surface area contributed by atoms with Gasteiger partial charge in [0.15, 0.2) is 0 Å². The zero-order chi connectivity index (χ0) is 13.7. The second kappa shape index (κ2) is 6.70. The summed E-state index contributed by atoms with van der Waals surface area (Å²) >= 11 is 0. The minimum Gasteiger partial charge on any atom is -0.384 e. The summed E-state index contributed by atoms with van der Waals surface area (Å²) in [5, 5.41) is 0. The first-order chi connectivity index (χ1) is 9.19. The molecule has 1 aliphatic rings. The number of ether oxygens (including phenoxy) is 1. The van der Waals surface area contributed by atoms with E-state index in [1.165, 1.54) is 0 Å². The number of hydrogen-bond acceptors (Lipinski definition) is 5. The van der Waals surface area contributed by atoms with E-state index in [1.807, 2.05) is 6.07 Å². The van der Waals surface area contributed by atoms with Crippen molar-refractivity contribution < 1.29 is 4.74 Å². The molecule has 0 aliphatic carbocycles. The Balaban J connectivity index is 2.02. The third kappa shape index (κ3) is 4.06. The maximum atomic E-state index is 5.86. The highest BCUT2D eigenvalue weighted by Crippen LogP contribution is 2.20. The van der Waals surface area contributed by atoms with Gasteiger partial charge in [-0.25, -0.2) is 9.97 Å². The topological polar surface area (TPSA) is 64.3 Å². The molecule has 1 aromatic rings. The number of aromatic nitrogens is 2. The van der Waals surface area contributed by atoms with E-state index in [0.717, 1.165) is 57.1 Å². The smallest absolute Gasteiger partial charge is 0.134 e. The number of rotatable bonds is 5. The second-order valence-electron chi connectivity index (χ2n) is 5.25. The summed E-state index contributed by atoms with van der Waals surface area (Å²) in [6.07, 6.45) is 4.18. The van der Waals surface area contributed by atoms with Gasteiger partial charge in [-0.15, -0.1) is 0 Å². The zero-order valence-electron chi connectivity index (χ0n) is 11.9. The molecule has 0 radical (unpaired) electrons. The van der Waals surface area contributed by atoms with Crippen molar-refractivity contribution in [2.75, 3.05) is 37.4 Å². The summed E-state index contributed by atoms with van der Waals surface area (Å²) in [6.45, 7) is 4.89. The van der Waals surface area contributed by atoms with Crippen molar-refractivity contribution in [3.8, 4) is 0 Å². The molecule has 2 heterocycles. The number of anilines is 2. The molecule has 1 fully saturated rings. The fraction of sp³-hybridized carbons (Fsp3) is 0.714. The molecule has 0 saturated carbocycles. The van der Waals surface area contributed by atoms with Gasteiger partial charge in [0.1, 0.15) is 17.5 Å².